The normalized spacial score (nSPS) is 12.8. The number of carbonyl (C=O) groups excluding carboxylic acids is 1. The van der Waals surface area contributed by atoms with Crippen molar-refractivity contribution in [2.75, 3.05) is 5.75 Å². The number of carbonyl (C=O) groups is 1. The van der Waals surface area contributed by atoms with E-state index in [0.29, 0.717) is 16.7 Å². The molecule has 1 aromatic carbocycles. The van der Waals surface area contributed by atoms with Gasteiger partial charge in [-0.05, 0) is 54.5 Å². The van der Waals surface area contributed by atoms with Crippen molar-refractivity contribution in [1.82, 2.24) is 4.98 Å². The molecule has 8 heteroatoms. The first kappa shape index (κ1) is 23.2. The van der Waals surface area contributed by atoms with E-state index in [1.807, 2.05) is 27.7 Å². The second kappa shape index (κ2) is 8.36. The van der Waals surface area contributed by atoms with Crippen LogP contribution in [0.3, 0.4) is 0 Å². The monoisotopic (exact) mass is 425 g/mol. The fourth-order valence-corrected chi connectivity index (χ4v) is 4.20. The number of Topliss-reactive ketones (excluding diaryl/α,β-unsaturated/α-hetero) is 1. The molecule has 1 N–H and O–H groups in total. The number of nitrogens with zero attached hydrogens (tertiary/aromatic N) is 1. The molecule has 1 aromatic heterocycles. The minimum Gasteiger partial charge on any atom is -0.430 e. The van der Waals surface area contributed by atoms with E-state index in [1.54, 1.807) is 0 Å². The average molecular weight is 426 g/mol. The van der Waals surface area contributed by atoms with Gasteiger partial charge in [0, 0.05) is 6.42 Å². The van der Waals surface area contributed by atoms with Gasteiger partial charge in [-0.1, -0.05) is 27.7 Å². The summed E-state index contributed by atoms with van der Waals surface area (Å²) in [5.41, 5.74) is 0.665. The number of hydrogen-bond acceptors (Lipinski definition) is 6. The van der Waals surface area contributed by atoms with Crippen molar-refractivity contribution in [3.8, 4) is 0 Å². The molecule has 0 aliphatic heterocycles. The van der Waals surface area contributed by atoms with Gasteiger partial charge in [-0.15, -0.1) is 0 Å². The summed E-state index contributed by atoms with van der Waals surface area (Å²) < 4.78 is 44.3. The van der Waals surface area contributed by atoms with E-state index >= 15 is 0 Å². The van der Waals surface area contributed by atoms with Crippen molar-refractivity contribution in [1.29, 1.82) is 0 Å². The number of benzene rings is 1. The van der Waals surface area contributed by atoms with Crippen LogP contribution in [0.25, 0.3) is 0 Å². The van der Waals surface area contributed by atoms with E-state index in [0.717, 1.165) is 6.20 Å². The van der Waals surface area contributed by atoms with Crippen LogP contribution in [0, 0.1) is 5.82 Å². The van der Waals surface area contributed by atoms with Crippen LogP contribution in [-0.4, -0.2) is 30.0 Å². The van der Waals surface area contributed by atoms with E-state index in [9.17, 15) is 22.7 Å². The van der Waals surface area contributed by atoms with Crippen molar-refractivity contribution >= 4 is 15.6 Å². The molecule has 0 bridgehead atoms. The molecule has 0 aliphatic rings. The highest BCUT2D eigenvalue weighted by molar-refractivity contribution is 7.91. The summed E-state index contributed by atoms with van der Waals surface area (Å²) >= 11 is 0. The number of aliphatic hydroxyl groups is 1. The van der Waals surface area contributed by atoms with Crippen LogP contribution in [0.5, 0.6) is 0 Å². The maximum absolute atomic E-state index is 14.0. The van der Waals surface area contributed by atoms with Crippen LogP contribution in [0.2, 0.25) is 0 Å². The maximum Gasteiger partial charge on any atom is 0.315 e. The second-order valence-corrected chi connectivity index (χ2v) is 10.3. The molecule has 2 aromatic rings. The van der Waals surface area contributed by atoms with Crippen LogP contribution in [-0.2, 0) is 26.7 Å². The zero-order valence-corrected chi connectivity index (χ0v) is 18.4. The topological polar surface area (TPSA) is 97.5 Å². The molecule has 0 spiro atoms. The van der Waals surface area contributed by atoms with Crippen molar-refractivity contribution in [2.45, 2.75) is 70.6 Å². The number of halogens is 1. The van der Waals surface area contributed by atoms with Gasteiger partial charge in [-0.2, -0.15) is 0 Å². The molecule has 160 valence electrons. The van der Waals surface area contributed by atoms with Gasteiger partial charge in [0.25, 0.3) is 0 Å². The number of aromatic nitrogens is 1. The predicted molar refractivity (Wildman–Crippen MR) is 107 cm³/mol. The van der Waals surface area contributed by atoms with Gasteiger partial charge >= 0.3 is 5.22 Å². The summed E-state index contributed by atoms with van der Waals surface area (Å²) in [5, 5.41) is 9.30. The lowest BCUT2D eigenvalue weighted by molar-refractivity contribution is -0.116. The Morgan fingerprint density at radius 3 is 2.10 bits per heavy atom. The molecule has 1 heterocycles. The lowest BCUT2D eigenvalue weighted by Crippen LogP contribution is -2.20. The number of rotatable bonds is 8. The van der Waals surface area contributed by atoms with Crippen LogP contribution in [0.4, 0.5) is 4.39 Å². The highest BCUT2D eigenvalue weighted by Gasteiger charge is 2.29. The minimum absolute atomic E-state index is 0.00810. The van der Waals surface area contributed by atoms with Gasteiger partial charge < -0.3 is 9.52 Å². The third kappa shape index (κ3) is 5.51. The van der Waals surface area contributed by atoms with Gasteiger partial charge in [-0.25, -0.2) is 17.8 Å². The molecule has 0 atom stereocenters. The van der Waals surface area contributed by atoms with E-state index in [2.05, 4.69) is 4.98 Å². The Morgan fingerprint density at radius 1 is 1.17 bits per heavy atom. The summed E-state index contributed by atoms with van der Waals surface area (Å²) in [6.07, 6.45) is 1.00. The average Bonchev–Trinajstić information content (AvgIpc) is 3.06. The van der Waals surface area contributed by atoms with Crippen LogP contribution in [0.1, 0.15) is 75.8 Å². The van der Waals surface area contributed by atoms with Gasteiger partial charge in [0.05, 0.1) is 6.20 Å². The van der Waals surface area contributed by atoms with Crippen molar-refractivity contribution in [2.24, 2.45) is 0 Å². The molecule has 0 amide bonds. The Balaban J connectivity index is 2.32. The van der Waals surface area contributed by atoms with Gasteiger partial charge in [0.15, 0.2) is 11.5 Å². The van der Waals surface area contributed by atoms with Crippen molar-refractivity contribution < 1.29 is 27.1 Å². The molecule has 0 saturated carbocycles. The molecule has 0 aliphatic carbocycles. The molecule has 0 unspecified atom stereocenters. The Hall–Kier alpha value is -2.06. The summed E-state index contributed by atoms with van der Waals surface area (Å²) in [5.74, 6) is -1.76. The zero-order valence-electron chi connectivity index (χ0n) is 17.6. The quantitative estimate of drug-likeness (QED) is 0.689. The standard InChI is InChI=1S/C21H28FNO5S/c1-12(2)16-7-14(22)8-17(13(3)4)18(16)9-15(24)11-29(26,27)20-23-10-19(28-20)21(5,6)25/h7-8,10,12-13,25H,9,11H2,1-6H3. The minimum atomic E-state index is -4.11. The molecule has 0 fully saturated rings. The van der Waals surface area contributed by atoms with Gasteiger partial charge in [0.2, 0.25) is 9.84 Å². The Kier molecular flexibility index (Phi) is 6.69. The molecule has 0 radical (unpaired) electrons. The predicted octanol–water partition coefficient (Wildman–Crippen LogP) is 3.87. The number of ketones is 1. The van der Waals surface area contributed by atoms with E-state index in [1.165, 1.54) is 26.0 Å². The summed E-state index contributed by atoms with van der Waals surface area (Å²) in [4.78, 5) is 16.3. The Morgan fingerprint density at radius 2 is 1.69 bits per heavy atom. The lowest BCUT2D eigenvalue weighted by Gasteiger charge is -2.19. The number of sulfone groups is 1. The molecule has 29 heavy (non-hydrogen) atoms. The fraction of sp³-hybridized carbons (Fsp3) is 0.524. The Bertz CT molecular complexity index is 971. The summed E-state index contributed by atoms with van der Waals surface area (Å²) in [7, 11) is -4.11. The first-order chi connectivity index (χ1) is 13.2. The first-order valence-electron chi connectivity index (χ1n) is 9.47. The maximum atomic E-state index is 14.0. The van der Waals surface area contributed by atoms with E-state index in [4.69, 9.17) is 4.42 Å². The molecule has 6 nitrogen and oxygen atoms in total. The van der Waals surface area contributed by atoms with Crippen LogP contribution in [0.15, 0.2) is 28.0 Å². The molecular formula is C21H28FNO5S. The fourth-order valence-electron chi connectivity index (χ4n) is 3.12. The van der Waals surface area contributed by atoms with E-state index in [-0.39, 0.29) is 29.8 Å². The largest absolute Gasteiger partial charge is 0.430 e. The molecule has 2 rings (SSSR count). The third-order valence-electron chi connectivity index (χ3n) is 4.61. The van der Waals surface area contributed by atoms with Crippen molar-refractivity contribution in [3.05, 3.63) is 46.6 Å². The summed E-state index contributed by atoms with van der Waals surface area (Å²) in [6.45, 7) is 10.5. The first-order valence-corrected chi connectivity index (χ1v) is 11.1. The highest BCUT2D eigenvalue weighted by atomic mass is 32.2. The SMILES string of the molecule is CC(C)c1cc(F)cc(C(C)C)c1CC(=O)CS(=O)(=O)c1ncc(C(C)(C)O)o1. The Labute approximate surface area is 171 Å². The van der Waals surface area contributed by atoms with E-state index < -0.39 is 32.2 Å². The highest BCUT2D eigenvalue weighted by Crippen LogP contribution is 2.30. The number of oxazole rings is 1. The molecule has 0 saturated heterocycles. The number of hydrogen-bond donors (Lipinski definition) is 1. The summed E-state index contributed by atoms with van der Waals surface area (Å²) in [6, 6.07) is 2.80. The molecular weight excluding hydrogens is 397 g/mol. The smallest absolute Gasteiger partial charge is 0.315 e. The van der Waals surface area contributed by atoms with Crippen LogP contribution >= 0.6 is 0 Å². The second-order valence-electron chi connectivity index (χ2n) is 8.40. The van der Waals surface area contributed by atoms with Gasteiger partial charge in [0.1, 0.15) is 17.2 Å². The third-order valence-corrected chi connectivity index (χ3v) is 6.03. The van der Waals surface area contributed by atoms with Gasteiger partial charge in [-0.3, -0.25) is 4.79 Å². The van der Waals surface area contributed by atoms with Crippen LogP contribution < -0.4 is 0 Å². The lowest BCUT2D eigenvalue weighted by atomic mass is 9.86. The zero-order chi connectivity index (χ0) is 22.1. The van der Waals surface area contributed by atoms with Crippen molar-refractivity contribution in [3.63, 3.8) is 0 Å².